The van der Waals surface area contributed by atoms with E-state index in [1.807, 2.05) is 23.0 Å². The second-order valence-electron chi connectivity index (χ2n) is 11.2. The first-order valence-corrected chi connectivity index (χ1v) is 17.2. The maximum Gasteiger partial charge on any atom is 0.472 e. The van der Waals surface area contributed by atoms with Gasteiger partial charge in [-0.25, -0.2) is 9.09 Å². The molecule has 6 N–H and O–H groups in total. The normalized spacial score (nSPS) is 12.4. The standard InChI is InChI=1S/C33H37ClN5O8P/c1-4-5-11-35-16-28(40)21-8-9-22(29(14-21)46-19-47-48(42,43)44)17-39-13-10-24-25-15-26(34)32(45-3)31(30(25)37-27(24)18-39)38-33(41)23-7-6-12-36-20(23)2/h6-10,12-15,18,28,35,40H,4-5,11,16-17,19H2,1-3H3,(H3,38,41,42,43,44)/p+1. The molecule has 0 aliphatic carbocycles. The van der Waals surface area contributed by atoms with E-state index >= 15 is 0 Å². The third-order valence-electron chi connectivity index (χ3n) is 7.81. The van der Waals surface area contributed by atoms with Crippen molar-refractivity contribution in [2.45, 2.75) is 39.3 Å². The molecule has 0 aliphatic heterocycles. The van der Waals surface area contributed by atoms with Crippen LogP contribution in [0.15, 0.2) is 61.1 Å². The molecule has 5 aromatic rings. The summed E-state index contributed by atoms with van der Waals surface area (Å²) >= 11 is 6.63. The molecule has 0 spiro atoms. The van der Waals surface area contributed by atoms with Crippen molar-refractivity contribution in [2.75, 3.05) is 32.3 Å². The van der Waals surface area contributed by atoms with Crippen LogP contribution in [0.25, 0.3) is 21.8 Å². The second-order valence-corrected chi connectivity index (χ2v) is 12.8. The minimum atomic E-state index is -4.76. The number of carbonyl (C=O) groups is 1. The SMILES string of the molecule is CCCCNCC(O)c1ccc(C[n+]2ccc3c(c2)[nH]c2c(NC(=O)c4cccnc4C)c(OC)c(Cl)cc23)c(OCOP(=O)(O)O)c1. The third-order valence-corrected chi connectivity index (χ3v) is 8.53. The summed E-state index contributed by atoms with van der Waals surface area (Å²) in [6, 6.07) is 12.3. The van der Waals surface area contributed by atoms with E-state index in [1.165, 1.54) is 7.11 Å². The summed E-state index contributed by atoms with van der Waals surface area (Å²) in [5.41, 5.74) is 3.97. The summed E-state index contributed by atoms with van der Waals surface area (Å²) < 4.78 is 28.9. The molecule has 254 valence electrons. The smallest absolute Gasteiger partial charge is 0.472 e. The fourth-order valence-corrected chi connectivity index (χ4v) is 5.83. The first kappa shape index (κ1) is 35.2. The lowest BCUT2D eigenvalue weighted by Crippen LogP contribution is -2.33. The van der Waals surface area contributed by atoms with Gasteiger partial charge in [0, 0.05) is 35.3 Å². The zero-order valence-corrected chi connectivity index (χ0v) is 28.3. The molecule has 5 rings (SSSR count). The molecule has 0 bridgehead atoms. The van der Waals surface area contributed by atoms with Crippen molar-refractivity contribution >= 4 is 52.8 Å². The van der Waals surface area contributed by atoms with Gasteiger partial charge in [-0.3, -0.25) is 9.78 Å². The Balaban J connectivity index is 1.47. The molecule has 0 fully saturated rings. The Kier molecular flexibility index (Phi) is 11.3. The Morgan fingerprint density at radius 2 is 2.00 bits per heavy atom. The summed E-state index contributed by atoms with van der Waals surface area (Å²) in [4.78, 5) is 39.2. The Morgan fingerprint density at radius 1 is 1.19 bits per heavy atom. The van der Waals surface area contributed by atoms with E-state index in [1.54, 1.807) is 49.5 Å². The van der Waals surface area contributed by atoms with Crippen molar-refractivity contribution in [2.24, 2.45) is 0 Å². The molecule has 3 aromatic heterocycles. The van der Waals surface area contributed by atoms with Gasteiger partial charge in [-0.05, 0) is 55.8 Å². The number of ether oxygens (including phenoxy) is 2. The summed E-state index contributed by atoms with van der Waals surface area (Å²) in [6.07, 6.45) is 6.55. The van der Waals surface area contributed by atoms with Crippen LogP contribution in [0.5, 0.6) is 11.5 Å². The number of phosphoric acid groups is 1. The van der Waals surface area contributed by atoms with Gasteiger partial charge in [-0.1, -0.05) is 31.0 Å². The summed E-state index contributed by atoms with van der Waals surface area (Å²) in [5.74, 6) is 0.238. The number of methoxy groups -OCH3 is 1. The van der Waals surface area contributed by atoms with E-state index in [0.717, 1.165) is 35.7 Å². The van der Waals surface area contributed by atoms with Crippen molar-refractivity contribution in [3.63, 3.8) is 0 Å². The van der Waals surface area contributed by atoms with Crippen LogP contribution >= 0.6 is 19.4 Å². The number of nitrogens with zero attached hydrogens (tertiary/aromatic N) is 2. The van der Waals surface area contributed by atoms with Crippen LogP contribution in [-0.2, 0) is 15.6 Å². The van der Waals surface area contributed by atoms with Gasteiger partial charge in [0.15, 0.2) is 31.5 Å². The van der Waals surface area contributed by atoms with Crippen molar-refractivity contribution < 1.29 is 42.8 Å². The predicted octanol–water partition coefficient (Wildman–Crippen LogP) is 5.14. The molecule has 0 saturated heterocycles. The van der Waals surface area contributed by atoms with Crippen LogP contribution in [0.2, 0.25) is 5.02 Å². The second kappa shape index (κ2) is 15.4. The van der Waals surface area contributed by atoms with E-state index in [0.29, 0.717) is 63.2 Å². The Morgan fingerprint density at radius 3 is 2.73 bits per heavy atom. The lowest BCUT2D eigenvalue weighted by Gasteiger charge is -2.16. The number of benzene rings is 2. The molecule has 0 aliphatic rings. The van der Waals surface area contributed by atoms with E-state index in [4.69, 9.17) is 30.9 Å². The third kappa shape index (κ3) is 8.31. The number of aromatic amines is 1. The van der Waals surface area contributed by atoms with E-state index in [9.17, 15) is 14.5 Å². The van der Waals surface area contributed by atoms with Gasteiger partial charge in [0.2, 0.25) is 0 Å². The molecule has 1 atom stereocenters. The van der Waals surface area contributed by atoms with Crippen LogP contribution < -0.4 is 24.7 Å². The number of aryl methyl sites for hydroxylation is 1. The Bertz CT molecular complexity index is 1980. The minimum Gasteiger partial charge on any atom is -0.493 e. The van der Waals surface area contributed by atoms with Gasteiger partial charge in [0.25, 0.3) is 5.91 Å². The van der Waals surface area contributed by atoms with Crippen LogP contribution in [0.3, 0.4) is 0 Å². The van der Waals surface area contributed by atoms with E-state index in [-0.39, 0.29) is 5.91 Å². The number of H-pyrrole nitrogens is 1. The number of aliphatic hydroxyl groups is 1. The van der Waals surface area contributed by atoms with Crippen LogP contribution in [0, 0.1) is 6.92 Å². The number of nitrogens with one attached hydrogen (secondary N) is 3. The lowest BCUT2D eigenvalue weighted by atomic mass is 10.1. The zero-order valence-electron chi connectivity index (χ0n) is 26.7. The molecular weight excluding hydrogens is 661 g/mol. The Hall–Kier alpha value is -4.07. The summed E-state index contributed by atoms with van der Waals surface area (Å²) in [5, 5.41) is 18.9. The minimum absolute atomic E-state index is 0.296. The molecule has 13 nitrogen and oxygen atoms in total. The fourth-order valence-electron chi connectivity index (χ4n) is 5.36. The summed E-state index contributed by atoms with van der Waals surface area (Å²) in [6.45, 7) is 4.56. The topological polar surface area (TPSA) is 179 Å². The number of hydrogen-bond donors (Lipinski definition) is 6. The number of unbranched alkanes of at least 4 members (excludes halogenated alkanes) is 1. The number of pyridine rings is 2. The molecule has 0 saturated carbocycles. The van der Waals surface area contributed by atoms with Gasteiger partial charge in [0.1, 0.15) is 17.0 Å². The fraction of sp³-hybridized carbons (Fsp3) is 0.303. The average Bonchev–Trinajstić information content (AvgIpc) is 3.40. The van der Waals surface area contributed by atoms with Crippen LogP contribution in [-0.4, -0.2) is 57.8 Å². The van der Waals surface area contributed by atoms with Gasteiger partial charge < -0.3 is 40.0 Å². The van der Waals surface area contributed by atoms with Gasteiger partial charge in [-0.15, -0.1) is 0 Å². The monoisotopic (exact) mass is 698 g/mol. The zero-order chi connectivity index (χ0) is 34.4. The highest BCUT2D eigenvalue weighted by molar-refractivity contribution is 7.46. The largest absolute Gasteiger partial charge is 0.493 e. The van der Waals surface area contributed by atoms with Gasteiger partial charge in [0.05, 0.1) is 34.9 Å². The highest BCUT2D eigenvalue weighted by Crippen LogP contribution is 2.42. The van der Waals surface area contributed by atoms with Crippen molar-refractivity contribution in [3.8, 4) is 11.5 Å². The molecule has 15 heteroatoms. The number of fused-ring (bicyclic) bond motifs is 3. The number of phosphoric ester groups is 1. The highest BCUT2D eigenvalue weighted by Gasteiger charge is 2.23. The van der Waals surface area contributed by atoms with E-state index in [2.05, 4.69) is 32.0 Å². The van der Waals surface area contributed by atoms with Crippen LogP contribution in [0.1, 0.15) is 53.0 Å². The lowest BCUT2D eigenvalue weighted by molar-refractivity contribution is -0.687. The van der Waals surface area contributed by atoms with E-state index < -0.39 is 20.7 Å². The first-order chi connectivity index (χ1) is 23.0. The molecule has 1 amide bonds. The quantitative estimate of drug-likeness (QED) is 0.0371. The number of rotatable bonds is 15. The molecular formula is C33H38ClN5O8P+. The predicted molar refractivity (Wildman–Crippen MR) is 181 cm³/mol. The number of carbonyl (C=O) groups excluding carboxylic acids is 1. The molecule has 0 radical (unpaired) electrons. The molecule has 48 heavy (non-hydrogen) atoms. The Labute approximate surface area is 282 Å². The number of amides is 1. The molecule has 1 unspecified atom stereocenters. The molecule has 2 aromatic carbocycles. The van der Waals surface area contributed by atoms with Gasteiger partial charge in [-0.2, -0.15) is 4.57 Å². The number of anilines is 1. The number of aliphatic hydroxyl groups excluding tert-OH is 1. The summed E-state index contributed by atoms with van der Waals surface area (Å²) in [7, 11) is -3.28. The van der Waals surface area contributed by atoms with Crippen molar-refractivity contribution in [1.29, 1.82) is 0 Å². The number of aromatic nitrogens is 3. The first-order valence-electron chi connectivity index (χ1n) is 15.3. The van der Waals surface area contributed by atoms with Crippen LogP contribution in [0.4, 0.5) is 5.69 Å². The number of halogens is 1. The maximum atomic E-state index is 13.3. The van der Waals surface area contributed by atoms with Crippen molar-refractivity contribution in [1.82, 2.24) is 15.3 Å². The molecule has 3 heterocycles. The average molecular weight is 699 g/mol. The highest BCUT2D eigenvalue weighted by atomic mass is 35.5. The maximum absolute atomic E-state index is 13.3. The number of hydrogen-bond acceptors (Lipinski definition) is 8. The van der Waals surface area contributed by atoms with Gasteiger partial charge >= 0.3 is 7.82 Å². The van der Waals surface area contributed by atoms with Crippen molar-refractivity contribution in [3.05, 3.63) is 88.5 Å².